The van der Waals surface area contributed by atoms with Gasteiger partial charge in [0.2, 0.25) is 0 Å². The van der Waals surface area contributed by atoms with Gasteiger partial charge in [-0.1, -0.05) is 30.7 Å². The van der Waals surface area contributed by atoms with E-state index < -0.39 is 36.4 Å². The Hall–Kier alpha value is -2.91. The highest BCUT2D eigenvalue weighted by atomic mass is 35.5. The Bertz CT molecular complexity index is 975. The summed E-state index contributed by atoms with van der Waals surface area (Å²) < 4.78 is 9.98. The van der Waals surface area contributed by atoms with Gasteiger partial charge in [0.1, 0.15) is 11.0 Å². The van der Waals surface area contributed by atoms with Crippen molar-refractivity contribution in [3.8, 4) is 0 Å². The van der Waals surface area contributed by atoms with Crippen molar-refractivity contribution in [2.75, 3.05) is 18.5 Å². The van der Waals surface area contributed by atoms with E-state index in [2.05, 4.69) is 10.6 Å². The van der Waals surface area contributed by atoms with E-state index in [1.807, 2.05) is 6.92 Å². The highest BCUT2D eigenvalue weighted by molar-refractivity contribution is 7.16. The molecular weight excluding hydrogens is 444 g/mol. The molecule has 0 fully saturated rings. The van der Waals surface area contributed by atoms with Crippen molar-refractivity contribution in [2.45, 2.75) is 33.2 Å². The Balaban J connectivity index is 1.91. The molecule has 31 heavy (non-hydrogen) atoms. The molecular formula is C21H23ClN2O6S. The van der Waals surface area contributed by atoms with Gasteiger partial charge in [-0.25, -0.2) is 9.59 Å². The van der Waals surface area contributed by atoms with Crippen LogP contribution in [0.1, 0.15) is 46.4 Å². The summed E-state index contributed by atoms with van der Waals surface area (Å²) in [5.74, 6) is -2.49. The number of carbonyl (C=O) groups excluding carboxylic acids is 4. The zero-order valence-corrected chi connectivity index (χ0v) is 18.9. The number of thiophene rings is 1. The second kappa shape index (κ2) is 11.5. The number of nitrogens with one attached hydrogen (secondary N) is 2. The first-order valence-electron chi connectivity index (χ1n) is 9.58. The van der Waals surface area contributed by atoms with Crippen LogP contribution in [0, 0.1) is 0 Å². The molecule has 166 valence electrons. The lowest BCUT2D eigenvalue weighted by Gasteiger charge is -2.14. The SMILES string of the molecule is CCOC(=O)c1cc(CC)sc1NC(=O)COC(=O)[C@H](C)NC(=O)c1ccccc1Cl. The molecule has 1 aromatic carbocycles. The molecule has 0 saturated heterocycles. The summed E-state index contributed by atoms with van der Waals surface area (Å²) >= 11 is 7.21. The van der Waals surface area contributed by atoms with Crippen LogP contribution in [0.4, 0.5) is 5.00 Å². The van der Waals surface area contributed by atoms with E-state index in [-0.39, 0.29) is 22.8 Å². The summed E-state index contributed by atoms with van der Waals surface area (Å²) in [6.45, 7) is 4.67. The maximum atomic E-state index is 12.2. The number of amides is 2. The maximum Gasteiger partial charge on any atom is 0.341 e. The van der Waals surface area contributed by atoms with Crippen LogP contribution in [-0.4, -0.2) is 43.0 Å². The van der Waals surface area contributed by atoms with Crippen LogP contribution in [0.5, 0.6) is 0 Å². The first-order chi connectivity index (χ1) is 14.8. The van der Waals surface area contributed by atoms with E-state index in [9.17, 15) is 19.2 Å². The number of carbonyl (C=O) groups is 4. The van der Waals surface area contributed by atoms with Crippen molar-refractivity contribution < 1.29 is 28.7 Å². The quantitative estimate of drug-likeness (QED) is 0.547. The van der Waals surface area contributed by atoms with Crippen molar-refractivity contribution in [3.63, 3.8) is 0 Å². The normalized spacial score (nSPS) is 11.4. The van der Waals surface area contributed by atoms with Gasteiger partial charge in [0.05, 0.1) is 22.8 Å². The third-order valence-electron chi connectivity index (χ3n) is 4.05. The number of hydrogen-bond acceptors (Lipinski definition) is 7. The summed E-state index contributed by atoms with van der Waals surface area (Å²) in [5, 5.41) is 5.62. The first-order valence-corrected chi connectivity index (χ1v) is 10.8. The molecule has 2 amide bonds. The Labute approximate surface area is 188 Å². The van der Waals surface area contributed by atoms with Crippen LogP contribution in [0.2, 0.25) is 5.02 Å². The standard InChI is InChI=1S/C21H23ClN2O6S/c1-4-13-10-15(21(28)29-5-2)19(31-13)24-17(25)11-30-20(27)12(3)23-18(26)14-8-6-7-9-16(14)22/h6-10,12H,4-5,11H2,1-3H3,(H,23,26)(H,24,25)/t12-/m0/s1. The number of esters is 2. The number of aryl methyl sites for hydroxylation is 1. The third kappa shape index (κ3) is 6.80. The van der Waals surface area contributed by atoms with Crippen molar-refractivity contribution in [1.29, 1.82) is 0 Å². The van der Waals surface area contributed by atoms with E-state index in [0.717, 1.165) is 4.88 Å². The largest absolute Gasteiger partial charge is 0.462 e. The van der Waals surface area contributed by atoms with Gasteiger partial charge in [0, 0.05) is 4.88 Å². The third-order valence-corrected chi connectivity index (χ3v) is 5.57. The lowest BCUT2D eigenvalue weighted by atomic mass is 10.2. The lowest BCUT2D eigenvalue weighted by molar-refractivity contribution is -0.148. The summed E-state index contributed by atoms with van der Waals surface area (Å²) in [7, 11) is 0. The Morgan fingerprint density at radius 3 is 2.45 bits per heavy atom. The van der Waals surface area contributed by atoms with Gasteiger partial charge in [0.15, 0.2) is 6.61 Å². The Morgan fingerprint density at radius 2 is 1.81 bits per heavy atom. The van der Waals surface area contributed by atoms with Gasteiger partial charge in [0.25, 0.3) is 11.8 Å². The second-order valence-corrected chi connectivity index (χ2v) is 7.90. The second-order valence-electron chi connectivity index (χ2n) is 6.36. The lowest BCUT2D eigenvalue weighted by Crippen LogP contribution is -2.40. The van der Waals surface area contributed by atoms with Crippen LogP contribution >= 0.6 is 22.9 Å². The van der Waals surface area contributed by atoms with E-state index >= 15 is 0 Å². The number of benzene rings is 1. The first kappa shape index (κ1) is 24.4. The smallest absolute Gasteiger partial charge is 0.341 e. The van der Waals surface area contributed by atoms with Gasteiger partial charge < -0.3 is 20.1 Å². The molecule has 0 aliphatic rings. The van der Waals surface area contributed by atoms with Gasteiger partial charge in [-0.3, -0.25) is 9.59 Å². The van der Waals surface area contributed by atoms with E-state index in [0.29, 0.717) is 11.4 Å². The average molecular weight is 467 g/mol. The summed E-state index contributed by atoms with van der Waals surface area (Å²) in [6, 6.07) is 7.07. The molecule has 0 spiro atoms. The molecule has 0 unspecified atom stereocenters. The van der Waals surface area contributed by atoms with E-state index in [1.165, 1.54) is 24.3 Å². The molecule has 0 aliphatic heterocycles. The number of halogens is 1. The fraction of sp³-hybridized carbons (Fsp3) is 0.333. The monoisotopic (exact) mass is 466 g/mol. The molecule has 0 bridgehead atoms. The molecule has 2 aromatic rings. The molecule has 2 N–H and O–H groups in total. The zero-order chi connectivity index (χ0) is 23.0. The van der Waals surface area contributed by atoms with Crippen molar-refractivity contribution in [3.05, 3.63) is 51.4 Å². The highest BCUT2D eigenvalue weighted by Crippen LogP contribution is 2.29. The van der Waals surface area contributed by atoms with Crippen molar-refractivity contribution in [1.82, 2.24) is 5.32 Å². The zero-order valence-electron chi connectivity index (χ0n) is 17.3. The predicted molar refractivity (Wildman–Crippen MR) is 118 cm³/mol. The molecule has 0 saturated carbocycles. The van der Waals surface area contributed by atoms with Crippen molar-refractivity contribution >= 4 is 51.7 Å². The molecule has 1 heterocycles. The van der Waals surface area contributed by atoms with Gasteiger partial charge in [-0.05, 0) is 38.5 Å². The summed E-state index contributed by atoms with van der Waals surface area (Å²) in [5.41, 5.74) is 0.473. The van der Waals surface area contributed by atoms with Crippen molar-refractivity contribution in [2.24, 2.45) is 0 Å². The fourth-order valence-corrected chi connectivity index (χ4v) is 3.69. The topological polar surface area (TPSA) is 111 Å². The highest BCUT2D eigenvalue weighted by Gasteiger charge is 2.22. The van der Waals surface area contributed by atoms with Gasteiger partial charge in [-0.15, -0.1) is 11.3 Å². The molecule has 2 rings (SSSR count). The number of hydrogen-bond donors (Lipinski definition) is 2. The summed E-state index contributed by atoms with van der Waals surface area (Å²) in [4.78, 5) is 49.5. The molecule has 8 nitrogen and oxygen atoms in total. The number of rotatable bonds is 9. The Kier molecular flexibility index (Phi) is 9.02. The fourth-order valence-electron chi connectivity index (χ4n) is 2.47. The molecule has 10 heteroatoms. The van der Waals surface area contributed by atoms with Crippen LogP contribution in [0.3, 0.4) is 0 Å². The minimum Gasteiger partial charge on any atom is -0.462 e. The van der Waals surface area contributed by atoms with Crippen LogP contribution < -0.4 is 10.6 Å². The minimum absolute atomic E-state index is 0.207. The molecule has 1 atom stereocenters. The number of ether oxygens (including phenoxy) is 2. The van der Waals surface area contributed by atoms with Crippen LogP contribution in [0.15, 0.2) is 30.3 Å². The number of anilines is 1. The van der Waals surface area contributed by atoms with E-state index in [1.54, 1.807) is 31.2 Å². The minimum atomic E-state index is -1.000. The average Bonchev–Trinajstić information content (AvgIpc) is 3.15. The molecule has 0 aliphatic carbocycles. The van der Waals surface area contributed by atoms with Gasteiger partial charge in [-0.2, -0.15) is 0 Å². The van der Waals surface area contributed by atoms with Crippen LogP contribution in [-0.2, 0) is 25.5 Å². The summed E-state index contributed by atoms with van der Waals surface area (Å²) in [6.07, 6.45) is 0.685. The Morgan fingerprint density at radius 1 is 1.10 bits per heavy atom. The van der Waals surface area contributed by atoms with Gasteiger partial charge >= 0.3 is 11.9 Å². The molecule has 0 radical (unpaired) electrons. The van der Waals surface area contributed by atoms with E-state index in [4.69, 9.17) is 21.1 Å². The molecule has 1 aromatic heterocycles. The van der Waals surface area contributed by atoms with Crippen LogP contribution in [0.25, 0.3) is 0 Å². The predicted octanol–water partition coefficient (Wildman–Crippen LogP) is 3.44. The maximum absolute atomic E-state index is 12.2.